The van der Waals surface area contributed by atoms with Crippen LogP contribution in [0.25, 0.3) is 0 Å². The van der Waals surface area contributed by atoms with Gasteiger partial charge in [0.2, 0.25) is 0 Å². The standard InChI is InChI=1S/C18H36O2S/c1-14(2)7-6-11-18(3,4)21(5,19)12-10-15-8-9-16-17(13-15)20-16/h14-17,21H,6-13H2,1-5H3. The largest absolute Gasteiger partial charge is 0.370 e. The van der Waals surface area contributed by atoms with Crippen molar-refractivity contribution in [3.63, 3.8) is 0 Å². The second-order valence-corrected chi connectivity index (χ2v) is 12.5. The van der Waals surface area contributed by atoms with Crippen molar-refractivity contribution in [1.29, 1.82) is 0 Å². The molecule has 126 valence electrons. The van der Waals surface area contributed by atoms with E-state index in [2.05, 4.69) is 34.0 Å². The lowest BCUT2D eigenvalue weighted by Gasteiger charge is -2.38. The average molecular weight is 317 g/mol. The molecule has 2 aliphatic rings. The second-order valence-electron chi connectivity index (χ2n) is 8.60. The predicted octanol–water partition coefficient (Wildman–Crippen LogP) is 4.20. The van der Waals surface area contributed by atoms with Crippen molar-refractivity contribution in [1.82, 2.24) is 0 Å². The molecule has 1 saturated heterocycles. The number of thiol groups is 1. The molecule has 0 radical (unpaired) electrons. The Balaban J connectivity index is 1.77. The van der Waals surface area contributed by atoms with Crippen molar-refractivity contribution in [3.8, 4) is 0 Å². The number of hydrogen-bond donors (Lipinski definition) is 1. The summed E-state index contributed by atoms with van der Waals surface area (Å²) < 4.78 is 18.8. The number of ether oxygens (including phenoxy) is 1. The maximum absolute atomic E-state index is 13.2. The molecule has 0 aromatic carbocycles. The zero-order chi connectivity index (χ0) is 15.7. The van der Waals surface area contributed by atoms with Crippen LogP contribution in [0.15, 0.2) is 0 Å². The lowest BCUT2D eigenvalue weighted by molar-refractivity contribution is 0.357. The van der Waals surface area contributed by atoms with Crippen LogP contribution in [0.4, 0.5) is 0 Å². The highest BCUT2D eigenvalue weighted by Gasteiger charge is 2.44. The van der Waals surface area contributed by atoms with Gasteiger partial charge in [-0.3, -0.25) is 4.21 Å². The van der Waals surface area contributed by atoms with Crippen LogP contribution >= 0.6 is 0 Å². The summed E-state index contributed by atoms with van der Waals surface area (Å²) in [5, 5.41) is 0. The van der Waals surface area contributed by atoms with E-state index in [1.54, 1.807) is 0 Å². The third-order valence-electron chi connectivity index (χ3n) is 5.93. The Morgan fingerprint density at radius 2 is 1.95 bits per heavy atom. The maximum Gasteiger partial charge on any atom is 0.0844 e. The fourth-order valence-electron chi connectivity index (χ4n) is 3.66. The van der Waals surface area contributed by atoms with Gasteiger partial charge in [0.15, 0.2) is 0 Å². The van der Waals surface area contributed by atoms with E-state index in [9.17, 15) is 4.21 Å². The molecule has 2 fully saturated rings. The smallest absolute Gasteiger partial charge is 0.0844 e. The van der Waals surface area contributed by atoms with Crippen LogP contribution in [-0.4, -0.2) is 33.2 Å². The average Bonchev–Trinajstić information content (AvgIpc) is 3.13. The minimum atomic E-state index is -2.07. The SMILES string of the molecule is CC(C)CCCC(C)(C)[SH](C)(=O)CCC1CCC2OC2C1. The third-order valence-corrected chi connectivity index (χ3v) is 9.82. The minimum Gasteiger partial charge on any atom is -0.370 e. The highest BCUT2D eigenvalue weighted by Crippen LogP contribution is 2.41. The summed E-state index contributed by atoms with van der Waals surface area (Å²) in [4.78, 5) is 0. The van der Waals surface area contributed by atoms with Crippen LogP contribution in [0.1, 0.15) is 72.6 Å². The van der Waals surface area contributed by atoms with E-state index in [1.165, 1.54) is 32.1 Å². The van der Waals surface area contributed by atoms with E-state index in [-0.39, 0.29) is 4.75 Å². The van der Waals surface area contributed by atoms with Crippen molar-refractivity contribution < 1.29 is 8.95 Å². The first kappa shape index (κ1) is 17.5. The van der Waals surface area contributed by atoms with Crippen LogP contribution in [0.3, 0.4) is 0 Å². The summed E-state index contributed by atoms with van der Waals surface area (Å²) in [7, 11) is -2.07. The fraction of sp³-hybridized carbons (Fsp3) is 1.00. The first-order valence-electron chi connectivity index (χ1n) is 8.93. The Labute approximate surface area is 132 Å². The number of fused-ring (bicyclic) bond motifs is 1. The minimum absolute atomic E-state index is 0.00910. The van der Waals surface area contributed by atoms with E-state index in [0.717, 1.165) is 30.4 Å². The van der Waals surface area contributed by atoms with Gasteiger partial charge in [0.25, 0.3) is 0 Å². The van der Waals surface area contributed by atoms with E-state index in [4.69, 9.17) is 4.74 Å². The summed E-state index contributed by atoms with van der Waals surface area (Å²) in [6.07, 6.45) is 11.7. The summed E-state index contributed by atoms with van der Waals surface area (Å²) in [5.41, 5.74) is 0. The van der Waals surface area contributed by atoms with Gasteiger partial charge < -0.3 is 4.74 Å². The first-order valence-corrected chi connectivity index (χ1v) is 11.3. The van der Waals surface area contributed by atoms with Gasteiger partial charge in [-0.15, -0.1) is 9.93 Å². The molecule has 2 nitrogen and oxygen atoms in total. The number of hydrogen-bond acceptors (Lipinski definition) is 2. The van der Waals surface area contributed by atoms with Crippen LogP contribution < -0.4 is 0 Å². The zero-order valence-electron chi connectivity index (χ0n) is 14.7. The van der Waals surface area contributed by atoms with Crippen molar-refractivity contribution in [2.45, 2.75) is 89.6 Å². The topological polar surface area (TPSA) is 29.6 Å². The first-order chi connectivity index (χ1) is 9.71. The highest BCUT2D eigenvalue weighted by molar-refractivity contribution is 8.03. The quantitative estimate of drug-likeness (QED) is 0.537. The van der Waals surface area contributed by atoms with E-state index >= 15 is 0 Å². The van der Waals surface area contributed by atoms with Gasteiger partial charge >= 0.3 is 0 Å². The Morgan fingerprint density at radius 1 is 1.24 bits per heavy atom. The van der Waals surface area contributed by atoms with Crippen molar-refractivity contribution >= 4 is 9.93 Å². The van der Waals surface area contributed by atoms with Gasteiger partial charge in [-0.1, -0.05) is 40.5 Å². The molecule has 3 atom stereocenters. The van der Waals surface area contributed by atoms with Gasteiger partial charge in [-0.25, -0.2) is 0 Å². The van der Waals surface area contributed by atoms with E-state index in [1.807, 2.05) is 0 Å². The van der Waals surface area contributed by atoms with Crippen molar-refractivity contribution in [2.75, 3.05) is 12.0 Å². The van der Waals surface area contributed by atoms with E-state index in [0.29, 0.717) is 12.2 Å². The third kappa shape index (κ3) is 4.79. The fourth-order valence-corrected chi connectivity index (χ4v) is 5.75. The Bertz CT molecular complexity index is 389. The summed E-state index contributed by atoms with van der Waals surface area (Å²) >= 11 is 0. The molecule has 3 heteroatoms. The number of rotatable bonds is 8. The lowest BCUT2D eigenvalue weighted by atomic mass is 9.88. The molecule has 0 bridgehead atoms. The Kier molecular flexibility index (Phi) is 5.57. The molecule has 2 rings (SSSR count). The van der Waals surface area contributed by atoms with Crippen molar-refractivity contribution in [2.24, 2.45) is 11.8 Å². The molecule has 1 aliphatic carbocycles. The summed E-state index contributed by atoms with van der Waals surface area (Å²) in [6.45, 7) is 9.01. The molecular formula is C18H36O2S. The Hall–Kier alpha value is 0.110. The molecule has 0 aromatic rings. The molecule has 0 amide bonds. The summed E-state index contributed by atoms with van der Waals surface area (Å²) in [6, 6.07) is 0. The molecule has 3 unspecified atom stereocenters. The molecule has 21 heavy (non-hydrogen) atoms. The molecule has 1 saturated carbocycles. The summed E-state index contributed by atoms with van der Waals surface area (Å²) in [5.74, 6) is 2.45. The predicted molar refractivity (Wildman–Crippen MR) is 93.7 cm³/mol. The van der Waals surface area contributed by atoms with Crippen LogP contribution in [0.5, 0.6) is 0 Å². The van der Waals surface area contributed by atoms with Gasteiger partial charge in [-0.2, -0.15) is 0 Å². The molecular weight excluding hydrogens is 280 g/mol. The van der Waals surface area contributed by atoms with Crippen molar-refractivity contribution in [3.05, 3.63) is 0 Å². The molecule has 0 aromatic heterocycles. The van der Waals surface area contributed by atoms with Crippen LogP contribution in [0.2, 0.25) is 0 Å². The van der Waals surface area contributed by atoms with Gasteiger partial charge in [0, 0.05) is 10.5 Å². The number of epoxide rings is 1. The van der Waals surface area contributed by atoms with Gasteiger partial charge in [0.05, 0.1) is 12.2 Å². The monoisotopic (exact) mass is 316 g/mol. The maximum atomic E-state index is 13.2. The molecule has 1 heterocycles. The van der Waals surface area contributed by atoms with Crippen LogP contribution in [0, 0.1) is 11.8 Å². The zero-order valence-corrected chi connectivity index (χ0v) is 15.6. The lowest BCUT2D eigenvalue weighted by Crippen LogP contribution is -2.40. The second kappa shape index (κ2) is 6.70. The van der Waals surface area contributed by atoms with Gasteiger partial charge in [0.1, 0.15) is 0 Å². The molecule has 1 aliphatic heterocycles. The molecule has 0 N–H and O–H groups in total. The Morgan fingerprint density at radius 3 is 2.57 bits per heavy atom. The van der Waals surface area contributed by atoms with Gasteiger partial charge in [-0.05, 0) is 50.2 Å². The van der Waals surface area contributed by atoms with E-state index < -0.39 is 9.93 Å². The normalized spacial score (nSPS) is 30.3. The highest BCUT2D eigenvalue weighted by atomic mass is 32.2. The molecule has 0 spiro atoms. The van der Waals surface area contributed by atoms with Crippen LogP contribution in [-0.2, 0) is 14.7 Å².